The lowest BCUT2D eigenvalue weighted by Gasteiger charge is -2.07. The van der Waals surface area contributed by atoms with Crippen LogP contribution in [-0.4, -0.2) is 15.5 Å². The highest BCUT2D eigenvalue weighted by molar-refractivity contribution is 6.06. The van der Waals surface area contributed by atoms with Gasteiger partial charge >= 0.3 is 0 Å². The van der Waals surface area contributed by atoms with Crippen LogP contribution in [0.4, 0.5) is 15.9 Å². The predicted molar refractivity (Wildman–Crippen MR) is 66.7 cm³/mol. The molecule has 0 saturated heterocycles. The van der Waals surface area contributed by atoms with E-state index in [4.69, 9.17) is 5.73 Å². The van der Waals surface area contributed by atoms with E-state index in [2.05, 4.69) is 10.3 Å². The van der Waals surface area contributed by atoms with Crippen LogP contribution in [-0.2, 0) is 7.05 Å². The number of imidazole rings is 1. The van der Waals surface area contributed by atoms with Crippen LogP contribution in [0.3, 0.4) is 0 Å². The summed E-state index contributed by atoms with van der Waals surface area (Å²) in [6, 6.07) is 5.93. The van der Waals surface area contributed by atoms with Gasteiger partial charge in [-0.2, -0.15) is 0 Å². The molecule has 1 aromatic heterocycles. The maximum atomic E-state index is 13.4. The van der Waals surface area contributed by atoms with Crippen LogP contribution in [0, 0.1) is 12.7 Å². The van der Waals surface area contributed by atoms with Crippen LogP contribution in [0.25, 0.3) is 0 Å². The van der Waals surface area contributed by atoms with Gasteiger partial charge in [-0.05, 0) is 19.1 Å². The van der Waals surface area contributed by atoms with Crippen molar-refractivity contribution in [2.24, 2.45) is 7.05 Å². The highest BCUT2D eigenvalue weighted by Crippen LogP contribution is 2.17. The molecule has 0 spiro atoms. The first-order chi connectivity index (χ1) is 8.50. The number of nitrogen functional groups attached to an aromatic ring is 1. The normalized spacial score (nSPS) is 10.4. The molecule has 1 aromatic carbocycles. The molecule has 0 aliphatic carbocycles. The number of aryl methyl sites for hydroxylation is 1. The van der Waals surface area contributed by atoms with E-state index < -0.39 is 11.7 Å². The Bertz CT molecular complexity index is 606. The van der Waals surface area contributed by atoms with Gasteiger partial charge in [0.05, 0.1) is 5.69 Å². The Labute approximate surface area is 103 Å². The number of aromatic nitrogens is 2. The molecule has 94 valence electrons. The summed E-state index contributed by atoms with van der Waals surface area (Å²) in [5, 5.41) is 2.47. The van der Waals surface area contributed by atoms with Crippen molar-refractivity contribution in [1.29, 1.82) is 0 Å². The van der Waals surface area contributed by atoms with E-state index in [1.807, 2.05) is 0 Å². The topological polar surface area (TPSA) is 72.9 Å². The number of hydrogen-bond acceptors (Lipinski definition) is 3. The van der Waals surface area contributed by atoms with Crippen molar-refractivity contribution in [2.75, 3.05) is 11.1 Å². The molecule has 0 radical (unpaired) electrons. The number of nitrogens with zero attached hydrogens (tertiary/aromatic N) is 2. The van der Waals surface area contributed by atoms with E-state index in [0.717, 1.165) is 0 Å². The fourth-order valence-electron chi connectivity index (χ4n) is 1.65. The zero-order valence-electron chi connectivity index (χ0n) is 10.1. The minimum absolute atomic E-state index is 0.112. The number of para-hydroxylation sites is 1. The van der Waals surface area contributed by atoms with Crippen LogP contribution in [0.1, 0.15) is 16.3 Å². The molecule has 0 saturated carbocycles. The Kier molecular flexibility index (Phi) is 3.01. The van der Waals surface area contributed by atoms with Crippen LogP contribution < -0.4 is 11.1 Å². The number of rotatable bonds is 2. The van der Waals surface area contributed by atoms with Gasteiger partial charge in [0.25, 0.3) is 5.91 Å². The van der Waals surface area contributed by atoms with Gasteiger partial charge in [-0.3, -0.25) is 4.79 Å². The molecule has 0 bridgehead atoms. The second kappa shape index (κ2) is 4.48. The Morgan fingerprint density at radius 3 is 2.67 bits per heavy atom. The Morgan fingerprint density at radius 1 is 1.44 bits per heavy atom. The minimum Gasteiger partial charge on any atom is -0.382 e. The quantitative estimate of drug-likeness (QED) is 0.849. The largest absolute Gasteiger partial charge is 0.382 e. The van der Waals surface area contributed by atoms with E-state index >= 15 is 0 Å². The molecule has 0 atom stereocenters. The third-order valence-electron chi connectivity index (χ3n) is 2.68. The smallest absolute Gasteiger partial charge is 0.276 e. The third kappa shape index (κ3) is 2.04. The number of nitrogens with two attached hydrogens (primary N) is 1. The molecule has 0 aliphatic rings. The number of benzene rings is 1. The summed E-state index contributed by atoms with van der Waals surface area (Å²) in [6.45, 7) is 1.73. The number of amides is 1. The summed E-state index contributed by atoms with van der Waals surface area (Å²) in [5.41, 5.74) is 5.98. The zero-order valence-corrected chi connectivity index (χ0v) is 10.1. The maximum Gasteiger partial charge on any atom is 0.276 e. The van der Waals surface area contributed by atoms with E-state index in [9.17, 15) is 9.18 Å². The van der Waals surface area contributed by atoms with Gasteiger partial charge in [-0.15, -0.1) is 0 Å². The van der Waals surface area contributed by atoms with Crippen molar-refractivity contribution in [2.45, 2.75) is 6.92 Å². The van der Waals surface area contributed by atoms with Crippen molar-refractivity contribution in [3.63, 3.8) is 0 Å². The third-order valence-corrected chi connectivity index (χ3v) is 2.68. The van der Waals surface area contributed by atoms with Crippen molar-refractivity contribution in [3.8, 4) is 0 Å². The lowest BCUT2D eigenvalue weighted by Crippen LogP contribution is -2.18. The van der Waals surface area contributed by atoms with E-state index in [0.29, 0.717) is 5.82 Å². The standard InChI is InChI=1S/C12H13FN4O/c1-7-15-11(14)10(17(7)2)12(18)16-9-6-4-3-5-8(9)13/h3-6H,14H2,1-2H3,(H,16,18). The molecule has 0 unspecified atom stereocenters. The first kappa shape index (κ1) is 12.1. The van der Waals surface area contributed by atoms with Gasteiger partial charge in [0.2, 0.25) is 0 Å². The molecule has 5 nitrogen and oxygen atoms in total. The molecular formula is C12H13FN4O. The number of hydrogen-bond donors (Lipinski definition) is 2. The monoisotopic (exact) mass is 248 g/mol. The SMILES string of the molecule is Cc1nc(N)c(C(=O)Nc2ccccc2F)n1C. The summed E-state index contributed by atoms with van der Waals surface area (Å²) < 4.78 is 15.0. The number of anilines is 2. The summed E-state index contributed by atoms with van der Waals surface area (Å²) in [7, 11) is 1.68. The molecule has 18 heavy (non-hydrogen) atoms. The highest BCUT2D eigenvalue weighted by atomic mass is 19.1. The van der Waals surface area contributed by atoms with Crippen molar-refractivity contribution in [3.05, 3.63) is 41.6 Å². The second-order valence-electron chi connectivity index (χ2n) is 3.89. The first-order valence-corrected chi connectivity index (χ1v) is 5.35. The van der Waals surface area contributed by atoms with Gasteiger partial charge in [-0.25, -0.2) is 9.37 Å². The molecule has 0 fully saturated rings. The van der Waals surface area contributed by atoms with Crippen LogP contribution in [0.15, 0.2) is 24.3 Å². The van der Waals surface area contributed by atoms with Gasteiger partial charge in [-0.1, -0.05) is 12.1 Å². The molecular weight excluding hydrogens is 235 g/mol. The van der Waals surface area contributed by atoms with Gasteiger partial charge in [0.15, 0.2) is 11.5 Å². The van der Waals surface area contributed by atoms with Gasteiger partial charge in [0.1, 0.15) is 11.6 Å². The first-order valence-electron chi connectivity index (χ1n) is 5.35. The molecule has 2 rings (SSSR count). The zero-order chi connectivity index (χ0) is 13.3. The van der Waals surface area contributed by atoms with E-state index in [-0.39, 0.29) is 17.2 Å². The van der Waals surface area contributed by atoms with Crippen LogP contribution >= 0.6 is 0 Å². The van der Waals surface area contributed by atoms with Gasteiger partial charge in [0, 0.05) is 7.05 Å². The lowest BCUT2D eigenvalue weighted by molar-refractivity contribution is 0.101. The molecule has 0 aliphatic heterocycles. The lowest BCUT2D eigenvalue weighted by atomic mass is 10.3. The van der Waals surface area contributed by atoms with E-state index in [1.165, 1.54) is 12.1 Å². The molecule has 3 N–H and O–H groups in total. The summed E-state index contributed by atoms with van der Waals surface area (Å²) in [4.78, 5) is 16.0. The molecule has 2 aromatic rings. The minimum atomic E-state index is -0.497. The molecule has 1 amide bonds. The summed E-state index contributed by atoms with van der Waals surface area (Å²) in [6.07, 6.45) is 0. The van der Waals surface area contributed by atoms with Crippen LogP contribution in [0.5, 0.6) is 0 Å². The Balaban J connectivity index is 2.31. The Hall–Kier alpha value is -2.37. The maximum absolute atomic E-state index is 13.4. The fourth-order valence-corrected chi connectivity index (χ4v) is 1.65. The molecule has 6 heteroatoms. The number of nitrogens with one attached hydrogen (secondary N) is 1. The molecule has 1 heterocycles. The Morgan fingerprint density at radius 2 is 2.11 bits per heavy atom. The average Bonchev–Trinajstić information content (AvgIpc) is 2.56. The summed E-state index contributed by atoms with van der Waals surface area (Å²) in [5.74, 6) is -0.237. The fraction of sp³-hybridized carbons (Fsp3) is 0.167. The highest BCUT2D eigenvalue weighted by Gasteiger charge is 2.18. The predicted octanol–water partition coefficient (Wildman–Crippen LogP) is 1.70. The number of halogens is 1. The number of carbonyl (C=O) groups is 1. The van der Waals surface area contributed by atoms with E-state index in [1.54, 1.807) is 30.7 Å². The van der Waals surface area contributed by atoms with Crippen LogP contribution in [0.2, 0.25) is 0 Å². The summed E-state index contributed by atoms with van der Waals surface area (Å²) >= 11 is 0. The average molecular weight is 248 g/mol. The van der Waals surface area contributed by atoms with Gasteiger partial charge < -0.3 is 15.6 Å². The van der Waals surface area contributed by atoms with Crippen molar-refractivity contribution in [1.82, 2.24) is 9.55 Å². The van der Waals surface area contributed by atoms with Crippen molar-refractivity contribution < 1.29 is 9.18 Å². The second-order valence-corrected chi connectivity index (χ2v) is 3.89. The number of carbonyl (C=O) groups excluding carboxylic acids is 1. The van der Waals surface area contributed by atoms with Crippen molar-refractivity contribution >= 4 is 17.4 Å².